The van der Waals surface area contributed by atoms with Gasteiger partial charge in [-0.2, -0.15) is 0 Å². The van der Waals surface area contributed by atoms with Gasteiger partial charge in [0.2, 0.25) is 6.10 Å². The number of benzene rings is 1. The van der Waals surface area contributed by atoms with Gasteiger partial charge < -0.3 is 9.47 Å². The maximum atomic E-state index is 11.4. The van der Waals surface area contributed by atoms with Gasteiger partial charge in [-0.25, -0.2) is 4.79 Å². The van der Waals surface area contributed by atoms with E-state index in [1.54, 1.807) is 12.1 Å². The minimum Gasteiger partial charge on any atom is -0.496 e. The molecule has 1 heterocycles. The third-order valence-electron chi connectivity index (χ3n) is 2.16. The second kappa shape index (κ2) is 5.73. The van der Waals surface area contributed by atoms with E-state index < -0.39 is 18.1 Å². The topological polar surface area (TPSA) is 64.6 Å². The fourth-order valence-corrected chi connectivity index (χ4v) is 1.65. The summed E-state index contributed by atoms with van der Waals surface area (Å²) < 4.78 is 9.89. The van der Waals surface area contributed by atoms with Gasteiger partial charge in [0.1, 0.15) is 5.75 Å². The Morgan fingerprint density at radius 2 is 2.12 bits per heavy atom. The Bertz CT molecular complexity index is 466. The van der Waals surface area contributed by atoms with Crippen molar-refractivity contribution in [2.75, 3.05) is 7.11 Å². The van der Waals surface area contributed by atoms with Gasteiger partial charge in [0.15, 0.2) is 0 Å². The zero-order chi connectivity index (χ0) is 11.7. The summed E-state index contributed by atoms with van der Waals surface area (Å²) in [4.78, 5) is 22.3. The summed E-state index contributed by atoms with van der Waals surface area (Å²) >= 11 is 5.81. The number of rotatable bonds is 2. The van der Waals surface area contributed by atoms with Crippen LogP contribution < -0.4 is 10.1 Å². The van der Waals surface area contributed by atoms with E-state index in [9.17, 15) is 9.59 Å². The first-order valence-electron chi connectivity index (χ1n) is 4.46. The van der Waals surface area contributed by atoms with Crippen molar-refractivity contribution in [3.63, 3.8) is 0 Å². The number of carbonyl (C=O) groups is 2. The summed E-state index contributed by atoms with van der Waals surface area (Å²) in [5.74, 6) is -0.0789. The van der Waals surface area contributed by atoms with E-state index in [2.05, 4.69) is 0 Å². The van der Waals surface area contributed by atoms with Crippen LogP contribution in [0.4, 0.5) is 4.79 Å². The zero-order valence-electron chi connectivity index (χ0n) is 9.32. The van der Waals surface area contributed by atoms with Crippen molar-refractivity contribution in [2.45, 2.75) is 6.10 Å². The Morgan fingerprint density at radius 3 is 2.65 bits per heavy atom. The maximum absolute atomic E-state index is 11.4. The number of cyclic esters (lactones) is 1. The Balaban J connectivity index is 0.00000144. The molecule has 1 aromatic rings. The molecule has 2 rings (SSSR count). The van der Waals surface area contributed by atoms with E-state index in [1.165, 1.54) is 13.2 Å². The maximum Gasteiger partial charge on any atom is 0.415 e. The summed E-state index contributed by atoms with van der Waals surface area (Å²) in [5.41, 5.74) is 0.429. The van der Waals surface area contributed by atoms with Crippen LogP contribution in [0.1, 0.15) is 11.7 Å². The monoisotopic (exact) mass is 264 g/mol. The van der Waals surface area contributed by atoms with Gasteiger partial charge in [-0.1, -0.05) is 11.6 Å². The normalized spacial score (nSPS) is 18.1. The summed E-state index contributed by atoms with van der Waals surface area (Å²) in [5, 5.41) is 2.47. The van der Waals surface area contributed by atoms with Crippen molar-refractivity contribution in [3.8, 4) is 5.75 Å². The van der Waals surface area contributed by atoms with Crippen LogP contribution in [0.15, 0.2) is 18.2 Å². The van der Waals surface area contributed by atoms with E-state index in [4.69, 9.17) is 21.1 Å². The summed E-state index contributed by atoms with van der Waals surface area (Å²) in [7, 11) is 1.46. The van der Waals surface area contributed by atoms with Crippen molar-refractivity contribution in [3.05, 3.63) is 28.8 Å². The van der Waals surface area contributed by atoms with E-state index in [-0.39, 0.29) is 29.6 Å². The molecule has 1 saturated heterocycles. The van der Waals surface area contributed by atoms with Gasteiger partial charge >= 0.3 is 6.09 Å². The Hall–Kier alpha value is -0.750. The minimum absolute atomic E-state index is 0. The molecule has 1 unspecified atom stereocenters. The van der Waals surface area contributed by atoms with Crippen LogP contribution in [0, 0.1) is 0 Å². The summed E-state index contributed by atoms with van der Waals surface area (Å²) in [6, 6.07) is 4.76. The molecule has 0 aromatic heterocycles. The zero-order valence-corrected chi connectivity index (χ0v) is 12.1. The van der Waals surface area contributed by atoms with Gasteiger partial charge in [0.05, 0.1) is 7.11 Å². The first-order valence-corrected chi connectivity index (χ1v) is 4.84. The number of alkyl carbamates (subject to hydrolysis) is 1. The fourth-order valence-electron chi connectivity index (χ4n) is 1.47. The van der Waals surface area contributed by atoms with Crippen LogP contribution in [-0.2, 0) is 9.53 Å². The van der Waals surface area contributed by atoms with Gasteiger partial charge in [0.25, 0.3) is 5.91 Å². The van der Waals surface area contributed by atoms with Crippen LogP contribution >= 0.6 is 11.6 Å². The standard InChI is InChI=1S/C10H8ClNO4.Na/c1-15-7-3-2-5(11)4-6(7)8-9(13)12-10(14)16-8;/h2-4,8H,1H3,(H,12,13,14);. The van der Waals surface area contributed by atoms with E-state index in [0.717, 1.165) is 0 Å². The average molecular weight is 265 g/mol. The number of methoxy groups -OCH3 is 1. The molecule has 0 aliphatic carbocycles. The smallest absolute Gasteiger partial charge is 0.415 e. The van der Waals surface area contributed by atoms with Crippen molar-refractivity contribution in [1.29, 1.82) is 0 Å². The van der Waals surface area contributed by atoms with Gasteiger partial charge in [-0.3, -0.25) is 10.1 Å². The predicted octanol–water partition coefficient (Wildman–Crippen LogP) is 1.28. The van der Waals surface area contributed by atoms with E-state index >= 15 is 0 Å². The second-order valence-electron chi connectivity index (χ2n) is 3.16. The van der Waals surface area contributed by atoms with Crippen LogP contribution in [0.5, 0.6) is 5.75 Å². The van der Waals surface area contributed by atoms with Crippen molar-refractivity contribution in [2.24, 2.45) is 0 Å². The van der Waals surface area contributed by atoms with E-state index in [0.29, 0.717) is 16.3 Å². The Labute approximate surface area is 125 Å². The van der Waals surface area contributed by atoms with Crippen LogP contribution in [0.3, 0.4) is 0 Å². The molecule has 1 N–H and O–H groups in total. The molecular formula is C10H8ClNNaO4. The number of nitrogens with one attached hydrogen (secondary N) is 1. The number of halogens is 1. The van der Waals surface area contributed by atoms with Crippen LogP contribution in [-0.4, -0.2) is 48.7 Å². The molecule has 1 aliphatic rings. The molecule has 2 amide bonds. The fraction of sp³-hybridized carbons (Fsp3) is 0.200. The van der Waals surface area contributed by atoms with Crippen LogP contribution in [0.2, 0.25) is 5.02 Å². The summed E-state index contributed by atoms with van der Waals surface area (Å²) in [6.45, 7) is 0. The number of amides is 2. The van der Waals surface area contributed by atoms with Crippen LogP contribution in [0.25, 0.3) is 0 Å². The quantitative estimate of drug-likeness (QED) is 0.817. The Morgan fingerprint density at radius 1 is 1.41 bits per heavy atom. The first-order chi connectivity index (χ1) is 7.61. The van der Waals surface area contributed by atoms with Crippen molar-refractivity contribution >= 4 is 53.2 Å². The molecule has 7 heteroatoms. The first kappa shape index (κ1) is 14.3. The van der Waals surface area contributed by atoms with Gasteiger partial charge in [0, 0.05) is 40.1 Å². The molecule has 1 atom stereocenters. The van der Waals surface area contributed by atoms with E-state index in [1.807, 2.05) is 5.32 Å². The SMILES string of the molecule is COc1ccc(Cl)cc1C1OC(=O)NC1=O.[Na]. The molecule has 1 fully saturated rings. The summed E-state index contributed by atoms with van der Waals surface area (Å²) in [6.07, 6.45) is -1.77. The van der Waals surface area contributed by atoms with Crippen molar-refractivity contribution in [1.82, 2.24) is 5.32 Å². The third-order valence-corrected chi connectivity index (χ3v) is 2.40. The molecule has 0 bridgehead atoms. The number of imide groups is 1. The largest absolute Gasteiger partial charge is 0.496 e. The van der Waals surface area contributed by atoms with Gasteiger partial charge in [-0.05, 0) is 18.2 Å². The number of hydrogen-bond acceptors (Lipinski definition) is 4. The molecule has 1 aliphatic heterocycles. The van der Waals surface area contributed by atoms with Gasteiger partial charge in [-0.15, -0.1) is 0 Å². The molecule has 1 aromatic carbocycles. The molecular weight excluding hydrogens is 257 g/mol. The molecule has 5 nitrogen and oxygen atoms in total. The average Bonchev–Trinajstić information content (AvgIpc) is 2.57. The predicted molar refractivity (Wildman–Crippen MR) is 61.1 cm³/mol. The molecule has 0 saturated carbocycles. The number of carbonyl (C=O) groups excluding carboxylic acids is 2. The van der Waals surface area contributed by atoms with Crippen molar-refractivity contribution < 1.29 is 19.1 Å². The molecule has 0 spiro atoms. The number of ether oxygens (including phenoxy) is 2. The third kappa shape index (κ3) is 2.93. The minimum atomic E-state index is -0.999. The molecule has 85 valence electrons. The Kier molecular flexibility index (Phi) is 4.82. The molecule has 1 radical (unpaired) electrons. The second-order valence-corrected chi connectivity index (χ2v) is 3.60. The number of hydrogen-bond donors (Lipinski definition) is 1. The molecule has 17 heavy (non-hydrogen) atoms.